The van der Waals surface area contributed by atoms with Crippen LogP contribution in [0.4, 0.5) is 32.8 Å². The molecule has 2 aromatic carbocycles. The van der Waals surface area contributed by atoms with Crippen molar-refractivity contribution in [1.82, 2.24) is 15.1 Å². The first kappa shape index (κ1) is 27.4. The van der Waals surface area contributed by atoms with Crippen molar-refractivity contribution in [1.29, 1.82) is 0 Å². The molecule has 0 saturated carbocycles. The van der Waals surface area contributed by atoms with E-state index in [1.165, 1.54) is 11.9 Å². The maximum atomic E-state index is 13.7. The molecule has 13 heteroatoms. The van der Waals surface area contributed by atoms with Crippen LogP contribution in [0.3, 0.4) is 0 Å². The Hall–Kier alpha value is -4.16. The van der Waals surface area contributed by atoms with Crippen LogP contribution in [0.5, 0.6) is 0 Å². The number of nitrogens with one attached hydrogen (secondary N) is 2. The number of fused-ring (bicyclic) bond motifs is 2. The van der Waals surface area contributed by atoms with E-state index in [4.69, 9.17) is 4.74 Å². The smallest absolute Gasteiger partial charge is 0.418 e. The Kier molecular flexibility index (Phi) is 6.71. The third-order valence-corrected chi connectivity index (χ3v) is 7.77. The molecule has 0 radical (unpaired) electrons. The third-order valence-electron chi connectivity index (χ3n) is 7.77. The van der Waals surface area contributed by atoms with Crippen LogP contribution in [0.25, 0.3) is 0 Å². The molecule has 5 amide bonds. The Morgan fingerprint density at radius 3 is 2.58 bits per heavy atom. The standard InChI is InChI=1S/C27H26F4N4O5/c1-14-3-8-21(18-6-4-16(28)12-20(18)27(29,30)31)35(14)22(36)13-34-23(37)26(40-25(34)39)10-9-15-11-17(5-7-19(15)26)33-24(38)32-2/h4-7,11-12,14,21H,3,8-10,13H2,1-2H3,(H2,32,33,38)/t14-,21+,26-/m1/s1. The Labute approximate surface area is 226 Å². The lowest BCUT2D eigenvalue weighted by Gasteiger charge is -2.31. The van der Waals surface area contributed by atoms with Crippen molar-refractivity contribution < 1.29 is 41.5 Å². The van der Waals surface area contributed by atoms with Gasteiger partial charge in [-0.05, 0) is 61.6 Å². The molecule has 1 spiro atoms. The summed E-state index contributed by atoms with van der Waals surface area (Å²) in [6.07, 6.45) is -4.79. The zero-order chi connectivity index (χ0) is 29.0. The van der Waals surface area contributed by atoms with Gasteiger partial charge in [-0.2, -0.15) is 13.2 Å². The second-order valence-electron chi connectivity index (χ2n) is 10.1. The average molecular weight is 563 g/mol. The Balaban J connectivity index is 1.39. The van der Waals surface area contributed by atoms with Gasteiger partial charge in [0.05, 0.1) is 11.6 Å². The summed E-state index contributed by atoms with van der Waals surface area (Å²) in [4.78, 5) is 53.4. The number of benzene rings is 2. The van der Waals surface area contributed by atoms with Crippen LogP contribution in [-0.4, -0.2) is 53.4 Å². The summed E-state index contributed by atoms with van der Waals surface area (Å²) in [5.74, 6) is -2.51. The Morgan fingerprint density at radius 2 is 1.88 bits per heavy atom. The van der Waals surface area contributed by atoms with Crippen LogP contribution in [-0.2, 0) is 32.5 Å². The van der Waals surface area contributed by atoms with Gasteiger partial charge in [0.1, 0.15) is 12.4 Å². The van der Waals surface area contributed by atoms with Gasteiger partial charge in [-0.3, -0.25) is 9.59 Å². The predicted molar refractivity (Wildman–Crippen MR) is 132 cm³/mol. The quantitative estimate of drug-likeness (QED) is 0.535. The van der Waals surface area contributed by atoms with Crippen molar-refractivity contribution >= 4 is 29.6 Å². The first-order chi connectivity index (χ1) is 18.9. The minimum Gasteiger partial charge on any atom is -0.427 e. The van der Waals surface area contributed by atoms with E-state index in [1.54, 1.807) is 25.1 Å². The number of imide groups is 1. The van der Waals surface area contributed by atoms with Crippen molar-refractivity contribution in [2.45, 2.75) is 56.5 Å². The Morgan fingerprint density at radius 1 is 1.12 bits per heavy atom. The number of alkyl halides is 3. The second kappa shape index (κ2) is 9.79. The van der Waals surface area contributed by atoms with E-state index < -0.39 is 65.7 Å². The number of ether oxygens (including phenoxy) is 1. The van der Waals surface area contributed by atoms with Crippen molar-refractivity contribution in [3.05, 3.63) is 64.5 Å². The SMILES string of the molecule is CNC(=O)Nc1ccc2c(c1)CC[C@@]21OC(=O)N(CC(=O)N2[C@H](C)CC[C@H]2c2ccc(F)cc2C(F)(F)F)C1=O. The van der Waals surface area contributed by atoms with Crippen LogP contribution < -0.4 is 10.6 Å². The van der Waals surface area contributed by atoms with Gasteiger partial charge in [0.15, 0.2) is 0 Å². The van der Waals surface area contributed by atoms with Gasteiger partial charge >= 0.3 is 18.3 Å². The van der Waals surface area contributed by atoms with E-state index in [9.17, 15) is 36.7 Å². The number of nitrogens with zero attached hydrogens (tertiary/aromatic N) is 2. The molecule has 9 nitrogen and oxygen atoms in total. The molecule has 0 unspecified atom stereocenters. The van der Waals surface area contributed by atoms with Gasteiger partial charge in [0.2, 0.25) is 11.5 Å². The van der Waals surface area contributed by atoms with Gasteiger partial charge in [0.25, 0.3) is 5.91 Å². The van der Waals surface area contributed by atoms with Gasteiger partial charge in [0, 0.05) is 30.8 Å². The lowest BCUT2D eigenvalue weighted by Crippen LogP contribution is -2.46. The van der Waals surface area contributed by atoms with Gasteiger partial charge in [-0.1, -0.05) is 12.1 Å². The summed E-state index contributed by atoms with van der Waals surface area (Å²) in [6.45, 7) is 0.951. The minimum absolute atomic E-state index is 0.133. The minimum atomic E-state index is -4.84. The van der Waals surface area contributed by atoms with Crippen LogP contribution in [0.15, 0.2) is 36.4 Å². The number of likely N-dealkylation sites (tertiary alicyclic amines) is 1. The fourth-order valence-electron chi connectivity index (χ4n) is 5.92. The molecular weight excluding hydrogens is 536 g/mol. The van der Waals surface area contributed by atoms with Gasteiger partial charge in [-0.15, -0.1) is 0 Å². The van der Waals surface area contributed by atoms with Crippen LogP contribution in [0, 0.1) is 5.82 Å². The highest BCUT2D eigenvalue weighted by molar-refractivity contribution is 6.06. The lowest BCUT2D eigenvalue weighted by molar-refractivity contribution is -0.144. The molecule has 40 heavy (non-hydrogen) atoms. The number of carbonyl (C=O) groups excluding carboxylic acids is 4. The molecule has 2 heterocycles. The Bertz CT molecular complexity index is 1410. The average Bonchev–Trinajstić information content (AvgIpc) is 3.53. The monoisotopic (exact) mass is 562 g/mol. The number of amides is 5. The number of hydrogen-bond acceptors (Lipinski definition) is 5. The van der Waals surface area contributed by atoms with E-state index >= 15 is 0 Å². The van der Waals surface area contributed by atoms with Crippen molar-refractivity contribution in [2.75, 3.05) is 18.9 Å². The second-order valence-corrected chi connectivity index (χ2v) is 10.1. The molecule has 2 saturated heterocycles. The van der Waals surface area contributed by atoms with Crippen molar-refractivity contribution in [3.8, 4) is 0 Å². The lowest BCUT2D eigenvalue weighted by atomic mass is 9.94. The molecule has 5 rings (SSSR count). The number of aryl methyl sites for hydroxylation is 1. The third kappa shape index (κ3) is 4.52. The molecule has 212 valence electrons. The first-order valence-corrected chi connectivity index (χ1v) is 12.7. The van der Waals surface area contributed by atoms with Gasteiger partial charge in [-0.25, -0.2) is 18.9 Å². The van der Waals surface area contributed by atoms with Gasteiger partial charge < -0.3 is 20.3 Å². The normalized spacial score (nSPS) is 23.9. The zero-order valence-electron chi connectivity index (χ0n) is 21.6. The maximum absolute atomic E-state index is 13.7. The number of anilines is 1. The van der Waals surface area contributed by atoms with Crippen LogP contribution >= 0.6 is 0 Å². The number of rotatable bonds is 4. The summed E-state index contributed by atoms with van der Waals surface area (Å²) in [5, 5.41) is 5.06. The largest absolute Gasteiger partial charge is 0.427 e. The van der Waals surface area contributed by atoms with E-state index in [2.05, 4.69) is 10.6 Å². The number of urea groups is 1. The topological polar surface area (TPSA) is 108 Å². The number of carbonyl (C=O) groups is 4. The summed E-state index contributed by atoms with van der Waals surface area (Å²) in [6, 6.07) is 5.22. The molecule has 2 fully saturated rings. The molecule has 0 aromatic heterocycles. The molecule has 2 aliphatic heterocycles. The molecule has 2 aromatic rings. The highest BCUT2D eigenvalue weighted by atomic mass is 19.4. The van der Waals surface area contributed by atoms with Crippen molar-refractivity contribution in [2.24, 2.45) is 0 Å². The molecule has 1 aliphatic carbocycles. The first-order valence-electron chi connectivity index (χ1n) is 12.7. The maximum Gasteiger partial charge on any atom is 0.418 e. The number of halogens is 4. The molecule has 0 bridgehead atoms. The molecular formula is C27H26F4N4O5. The van der Waals surface area contributed by atoms with Crippen molar-refractivity contribution in [3.63, 3.8) is 0 Å². The molecule has 3 atom stereocenters. The predicted octanol–water partition coefficient (Wildman–Crippen LogP) is 4.47. The zero-order valence-corrected chi connectivity index (χ0v) is 21.6. The fourth-order valence-corrected chi connectivity index (χ4v) is 5.92. The summed E-state index contributed by atoms with van der Waals surface area (Å²) >= 11 is 0. The number of hydrogen-bond donors (Lipinski definition) is 2. The fraction of sp³-hybridized carbons (Fsp3) is 0.407. The molecule has 2 N–H and O–H groups in total. The van der Waals surface area contributed by atoms with E-state index in [0.717, 1.165) is 12.1 Å². The summed E-state index contributed by atoms with van der Waals surface area (Å²) < 4.78 is 60.4. The highest BCUT2D eigenvalue weighted by Gasteiger charge is 2.58. The highest BCUT2D eigenvalue weighted by Crippen LogP contribution is 2.47. The van der Waals surface area contributed by atoms with Crippen LogP contribution in [0.1, 0.15) is 54.5 Å². The summed E-state index contributed by atoms with van der Waals surface area (Å²) in [7, 11) is 1.46. The van der Waals surface area contributed by atoms with E-state index in [1.807, 2.05) is 0 Å². The van der Waals surface area contributed by atoms with E-state index in [-0.39, 0.29) is 18.4 Å². The van der Waals surface area contributed by atoms with Crippen LogP contribution in [0.2, 0.25) is 0 Å². The molecule has 3 aliphatic rings. The summed E-state index contributed by atoms with van der Waals surface area (Å²) in [5.41, 5.74) is -1.44. The van der Waals surface area contributed by atoms with E-state index in [0.29, 0.717) is 40.6 Å².